The van der Waals surface area contributed by atoms with Crippen molar-refractivity contribution in [2.75, 3.05) is 43.4 Å². The fraction of sp³-hybridized carbons (Fsp3) is 0.444. The van der Waals surface area contributed by atoms with Crippen molar-refractivity contribution < 1.29 is 9.21 Å². The van der Waals surface area contributed by atoms with E-state index in [-0.39, 0.29) is 5.91 Å². The van der Waals surface area contributed by atoms with Crippen molar-refractivity contribution in [3.63, 3.8) is 0 Å². The molecule has 0 bridgehead atoms. The number of carbonyl (C=O) groups excluding carboxylic acids is 1. The van der Waals surface area contributed by atoms with E-state index >= 15 is 0 Å². The van der Waals surface area contributed by atoms with Gasteiger partial charge in [0.25, 0.3) is 5.91 Å². The number of nitrogens with zero attached hydrogens (tertiary/aromatic N) is 3. The standard InChI is InChI=1S/C18H24N4O2/c1-12-13(2)24-14(3)17(12)18(23)20-15-5-6-16(19-11-15)22-9-7-21(4)8-10-22/h5-6,11H,7-10H2,1-4H3,(H,20,23). The van der Waals surface area contributed by atoms with E-state index in [0.717, 1.165) is 43.3 Å². The molecule has 128 valence electrons. The molecule has 2 aromatic heterocycles. The second kappa shape index (κ2) is 6.65. The summed E-state index contributed by atoms with van der Waals surface area (Å²) in [5.74, 6) is 2.22. The Balaban J connectivity index is 1.69. The molecule has 24 heavy (non-hydrogen) atoms. The van der Waals surface area contributed by atoms with Gasteiger partial charge < -0.3 is 19.5 Å². The van der Waals surface area contributed by atoms with Crippen molar-refractivity contribution in [2.45, 2.75) is 20.8 Å². The molecule has 6 heteroatoms. The van der Waals surface area contributed by atoms with E-state index in [0.29, 0.717) is 17.0 Å². The molecular weight excluding hydrogens is 304 g/mol. The summed E-state index contributed by atoms with van der Waals surface area (Å²) in [5, 5.41) is 2.90. The number of amides is 1. The van der Waals surface area contributed by atoms with Crippen LogP contribution >= 0.6 is 0 Å². The van der Waals surface area contributed by atoms with Crippen LogP contribution < -0.4 is 10.2 Å². The lowest BCUT2D eigenvalue weighted by Crippen LogP contribution is -2.44. The van der Waals surface area contributed by atoms with Gasteiger partial charge in [0.05, 0.1) is 17.4 Å². The summed E-state index contributed by atoms with van der Waals surface area (Å²) in [6.07, 6.45) is 1.71. The van der Waals surface area contributed by atoms with Gasteiger partial charge in [-0.3, -0.25) is 4.79 Å². The van der Waals surface area contributed by atoms with Gasteiger partial charge in [0.1, 0.15) is 17.3 Å². The van der Waals surface area contributed by atoms with Crippen LogP contribution in [-0.4, -0.2) is 49.0 Å². The summed E-state index contributed by atoms with van der Waals surface area (Å²) in [5.41, 5.74) is 2.18. The Bertz CT molecular complexity index is 728. The van der Waals surface area contributed by atoms with Gasteiger partial charge in [0, 0.05) is 31.7 Å². The van der Waals surface area contributed by atoms with Gasteiger partial charge in [0.15, 0.2) is 0 Å². The minimum absolute atomic E-state index is 0.156. The molecule has 1 aliphatic heterocycles. The molecule has 6 nitrogen and oxygen atoms in total. The van der Waals surface area contributed by atoms with Crippen LogP contribution in [0.5, 0.6) is 0 Å². The second-order valence-electron chi connectivity index (χ2n) is 6.36. The Morgan fingerprint density at radius 1 is 1.12 bits per heavy atom. The fourth-order valence-electron chi connectivity index (χ4n) is 3.00. The normalized spacial score (nSPS) is 15.6. The molecule has 3 rings (SSSR count). The average Bonchev–Trinajstić information content (AvgIpc) is 2.81. The van der Waals surface area contributed by atoms with Crippen LogP contribution in [0.3, 0.4) is 0 Å². The van der Waals surface area contributed by atoms with Gasteiger partial charge in [-0.2, -0.15) is 0 Å². The molecule has 0 aliphatic carbocycles. The monoisotopic (exact) mass is 328 g/mol. The maximum Gasteiger partial charge on any atom is 0.259 e. The van der Waals surface area contributed by atoms with E-state index in [4.69, 9.17) is 4.42 Å². The van der Waals surface area contributed by atoms with Crippen molar-refractivity contribution in [1.29, 1.82) is 0 Å². The predicted octanol–water partition coefficient (Wildman–Crippen LogP) is 2.60. The molecule has 1 fully saturated rings. The van der Waals surface area contributed by atoms with Crippen molar-refractivity contribution >= 4 is 17.4 Å². The van der Waals surface area contributed by atoms with Crippen molar-refractivity contribution in [2.24, 2.45) is 0 Å². The molecule has 0 spiro atoms. The summed E-state index contributed by atoms with van der Waals surface area (Å²) >= 11 is 0. The number of likely N-dealkylation sites (N-methyl/N-ethyl adjacent to an activating group) is 1. The number of anilines is 2. The van der Waals surface area contributed by atoms with Crippen molar-refractivity contribution in [3.8, 4) is 0 Å². The highest BCUT2D eigenvalue weighted by Crippen LogP contribution is 2.22. The molecule has 1 aliphatic rings. The van der Waals surface area contributed by atoms with E-state index in [1.165, 1.54) is 0 Å². The largest absolute Gasteiger partial charge is 0.466 e. The van der Waals surface area contributed by atoms with Crippen LogP contribution in [0.4, 0.5) is 11.5 Å². The van der Waals surface area contributed by atoms with Crippen LogP contribution in [-0.2, 0) is 0 Å². The Labute approximate surface area is 142 Å². The van der Waals surface area contributed by atoms with Gasteiger partial charge in [-0.1, -0.05) is 0 Å². The average molecular weight is 328 g/mol. The highest BCUT2D eigenvalue weighted by molar-refractivity contribution is 6.06. The van der Waals surface area contributed by atoms with Gasteiger partial charge in [-0.25, -0.2) is 4.98 Å². The highest BCUT2D eigenvalue weighted by Gasteiger charge is 2.19. The van der Waals surface area contributed by atoms with Gasteiger partial charge >= 0.3 is 0 Å². The minimum Gasteiger partial charge on any atom is -0.466 e. The number of rotatable bonds is 3. The number of aryl methyl sites for hydroxylation is 2. The SMILES string of the molecule is Cc1oc(C)c(C(=O)Nc2ccc(N3CCN(C)CC3)nc2)c1C. The molecule has 0 atom stereocenters. The molecule has 1 amide bonds. The van der Waals surface area contributed by atoms with Crippen LogP contribution in [0.25, 0.3) is 0 Å². The number of piperazine rings is 1. The third-order valence-electron chi connectivity index (χ3n) is 4.62. The first-order chi connectivity index (χ1) is 11.5. The lowest BCUT2D eigenvalue weighted by molar-refractivity contribution is 0.102. The summed E-state index contributed by atoms with van der Waals surface area (Å²) in [4.78, 5) is 21.5. The quantitative estimate of drug-likeness (QED) is 0.938. The van der Waals surface area contributed by atoms with Crippen molar-refractivity contribution in [1.82, 2.24) is 9.88 Å². The fourth-order valence-corrected chi connectivity index (χ4v) is 3.00. The van der Waals surface area contributed by atoms with Gasteiger partial charge in [-0.15, -0.1) is 0 Å². The summed E-state index contributed by atoms with van der Waals surface area (Å²) in [6.45, 7) is 9.60. The molecular formula is C18H24N4O2. The molecule has 1 N–H and O–H groups in total. The summed E-state index contributed by atoms with van der Waals surface area (Å²) in [6, 6.07) is 3.86. The number of hydrogen-bond acceptors (Lipinski definition) is 5. The van der Waals surface area contributed by atoms with Crippen LogP contribution in [0, 0.1) is 20.8 Å². The zero-order chi connectivity index (χ0) is 17.3. The lowest BCUT2D eigenvalue weighted by atomic mass is 10.1. The Hall–Kier alpha value is -2.34. The Morgan fingerprint density at radius 2 is 1.83 bits per heavy atom. The Morgan fingerprint density at radius 3 is 2.38 bits per heavy atom. The third-order valence-corrected chi connectivity index (χ3v) is 4.62. The second-order valence-corrected chi connectivity index (χ2v) is 6.36. The number of nitrogens with one attached hydrogen (secondary N) is 1. The number of carbonyl (C=O) groups is 1. The highest BCUT2D eigenvalue weighted by atomic mass is 16.3. The Kier molecular flexibility index (Phi) is 4.57. The van der Waals surface area contributed by atoms with E-state index in [2.05, 4.69) is 27.1 Å². The van der Waals surface area contributed by atoms with Crippen molar-refractivity contribution in [3.05, 3.63) is 41.0 Å². The molecule has 0 radical (unpaired) electrons. The molecule has 0 saturated carbocycles. The van der Waals surface area contributed by atoms with Crippen LogP contribution in [0.1, 0.15) is 27.4 Å². The first kappa shape index (κ1) is 16.5. The van der Waals surface area contributed by atoms with Gasteiger partial charge in [0.2, 0.25) is 0 Å². The lowest BCUT2D eigenvalue weighted by Gasteiger charge is -2.33. The van der Waals surface area contributed by atoms with E-state index in [1.54, 1.807) is 6.20 Å². The molecule has 0 aromatic carbocycles. The number of hydrogen-bond donors (Lipinski definition) is 1. The molecule has 0 unspecified atom stereocenters. The zero-order valence-electron chi connectivity index (χ0n) is 14.7. The number of furan rings is 1. The smallest absolute Gasteiger partial charge is 0.259 e. The number of aromatic nitrogens is 1. The van der Waals surface area contributed by atoms with Crippen LogP contribution in [0.2, 0.25) is 0 Å². The van der Waals surface area contributed by atoms with E-state index in [9.17, 15) is 4.79 Å². The third kappa shape index (κ3) is 3.28. The van der Waals surface area contributed by atoms with E-state index < -0.39 is 0 Å². The topological polar surface area (TPSA) is 61.6 Å². The first-order valence-electron chi connectivity index (χ1n) is 8.23. The van der Waals surface area contributed by atoms with Crippen LogP contribution in [0.15, 0.2) is 22.7 Å². The maximum atomic E-state index is 12.5. The predicted molar refractivity (Wildman–Crippen MR) is 94.8 cm³/mol. The molecule has 2 aromatic rings. The number of pyridine rings is 1. The zero-order valence-corrected chi connectivity index (χ0v) is 14.7. The maximum absolute atomic E-state index is 12.5. The minimum atomic E-state index is -0.156. The van der Waals surface area contributed by atoms with Gasteiger partial charge in [-0.05, 0) is 40.0 Å². The van der Waals surface area contributed by atoms with E-state index in [1.807, 2.05) is 32.9 Å². The first-order valence-corrected chi connectivity index (χ1v) is 8.23. The summed E-state index contributed by atoms with van der Waals surface area (Å²) in [7, 11) is 2.13. The molecule has 1 saturated heterocycles. The summed E-state index contributed by atoms with van der Waals surface area (Å²) < 4.78 is 5.52. The molecule has 3 heterocycles.